The largest absolute Gasteiger partial charge is 0.549 e. The van der Waals surface area contributed by atoms with E-state index >= 15 is 0 Å². The Kier molecular flexibility index (Phi) is 7.54. The third-order valence-corrected chi connectivity index (χ3v) is 8.25. The maximum Gasteiger partial charge on any atom is 0.411 e. The van der Waals surface area contributed by atoms with Gasteiger partial charge in [-0.25, -0.2) is 4.79 Å². The molecule has 0 aliphatic heterocycles. The quantitative estimate of drug-likeness (QED) is 0.409. The Morgan fingerprint density at radius 3 is 2.09 bits per heavy atom. The molecule has 0 heterocycles. The molecule has 0 unspecified atom stereocenters. The van der Waals surface area contributed by atoms with Crippen molar-refractivity contribution in [2.75, 3.05) is 6.54 Å². The van der Waals surface area contributed by atoms with Crippen LogP contribution in [0.3, 0.4) is 0 Å². The Morgan fingerprint density at radius 1 is 1.17 bits per heavy atom. The summed E-state index contributed by atoms with van der Waals surface area (Å²) in [6.45, 7) is 18.0. The second kappa shape index (κ2) is 7.99. The Labute approximate surface area is 142 Å². The minimum Gasteiger partial charge on any atom is -0.549 e. The van der Waals surface area contributed by atoms with Crippen LogP contribution in [0.15, 0.2) is 12.3 Å². The number of ether oxygens (including phenoxy) is 1. The van der Waals surface area contributed by atoms with E-state index in [9.17, 15) is 9.59 Å². The maximum atomic E-state index is 12.2. The van der Waals surface area contributed by atoms with Crippen molar-refractivity contribution in [3.8, 4) is 0 Å². The third kappa shape index (κ3) is 7.68. The average molecular weight is 344 g/mol. The van der Waals surface area contributed by atoms with Crippen LogP contribution in [0.4, 0.5) is 4.79 Å². The molecule has 0 saturated heterocycles. The molecule has 1 atom stereocenters. The molecule has 0 aromatic heterocycles. The van der Waals surface area contributed by atoms with E-state index in [1.807, 2.05) is 6.92 Å². The van der Waals surface area contributed by atoms with Crippen LogP contribution < -0.4 is 0 Å². The molecule has 0 bridgehead atoms. The zero-order chi connectivity index (χ0) is 18.5. The lowest BCUT2D eigenvalue weighted by molar-refractivity contribution is -0.109. The lowest BCUT2D eigenvalue weighted by Gasteiger charge is -2.35. The molecular weight excluding hydrogens is 310 g/mol. The van der Waals surface area contributed by atoms with Gasteiger partial charge in [0.15, 0.2) is 0 Å². The van der Waals surface area contributed by atoms with Gasteiger partial charge in [0, 0.05) is 0 Å². The summed E-state index contributed by atoms with van der Waals surface area (Å²) in [5.41, 5.74) is -0.598. The van der Waals surface area contributed by atoms with Crippen LogP contribution in [-0.2, 0) is 14.0 Å². The van der Waals surface area contributed by atoms with Crippen LogP contribution in [0.2, 0.25) is 18.1 Å². The SMILES string of the molecule is C[C@@H](C=CO[Si](C)(C)C(C)(C)C)N(CC=O)C(=O)OC(C)(C)C. The first-order valence-corrected chi connectivity index (χ1v) is 10.9. The zero-order valence-corrected chi connectivity index (χ0v) is 17.1. The van der Waals surface area contributed by atoms with Crippen molar-refractivity contribution in [1.29, 1.82) is 0 Å². The van der Waals surface area contributed by atoms with E-state index in [-0.39, 0.29) is 17.6 Å². The fraction of sp³-hybridized carbons (Fsp3) is 0.765. The summed E-state index contributed by atoms with van der Waals surface area (Å²) in [4.78, 5) is 24.4. The molecule has 0 fully saturated rings. The number of aldehydes is 1. The fourth-order valence-electron chi connectivity index (χ4n) is 1.41. The summed E-state index contributed by atoms with van der Waals surface area (Å²) < 4.78 is 11.3. The van der Waals surface area contributed by atoms with Gasteiger partial charge in [-0.15, -0.1) is 0 Å². The van der Waals surface area contributed by atoms with Crippen LogP contribution in [-0.4, -0.2) is 43.8 Å². The standard InChI is InChI=1S/C17H33NO4Si/c1-14(10-13-21-23(8,9)17(5,6)7)18(11-12-19)15(20)22-16(2,3)4/h10,12-14H,11H2,1-9H3/t14-/m0/s1. The van der Waals surface area contributed by atoms with Crippen molar-refractivity contribution >= 4 is 20.7 Å². The van der Waals surface area contributed by atoms with E-state index < -0.39 is 20.0 Å². The van der Waals surface area contributed by atoms with E-state index in [2.05, 4.69) is 33.9 Å². The second-order valence-electron chi connectivity index (χ2n) is 8.25. The van der Waals surface area contributed by atoms with E-state index in [4.69, 9.17) is 9.16 Å². The van der Waals surface area contributed by atoms with Crippen molar-refractivity contribution in [2.24, 2.45) is 0 Å². The molecule has 0 aliphatic rings. The zero-order valence-electron chi connectivity index (χ0n) is 16.1. The topological polar surface area (TPSA) is 55.8 Å². The molecule has 0 aromatic rings. The number of nitrogens with zero attached hydrogens (tertiary/aromatic N) is 1. The highest BCUT2D eigenvalue weighted by atomic mass is 28.4. The molecule has 134 valence electrons. The van der Waals surface area contributed by atoms with Gasteiger partial charge in [-0.1, -0.05) is 20.8 Å². The first kappa shape index (κ1) is 21.7. The number of carbonyl (C=O) groups is 2. The van der Waals surface area contributed by atoms with Gasteiger partial charge in [0.2, 0.25) is 8.32 Å². The van der Waals surface area contributed by atoms with Crippen molar-refractivity contribution in [2.45, 2.75) is 78.2 Å². The van der Waals surface area contributed by atoms with Gasteiger partial charge >= 0.3 is 6.09 Å². The van der Waals surface area contributed by atoms with Gasteiger partial charge in [0.25, 0.3) is 0 Å². The van der Waals surface area contributed by atoms with Gasteiger partial charge in [0.1, 0.15) is 11.9 Å². The lowest BCUT2D eigenvalue weighted by atomic mass is 10.2. The molecule has 0 N–H and O–H groups in total. The van der Waals surface area contributed by atoms with Crippen molar-refractivity contribution < 1.29 is 18.8 Å². The van der Waals surface area contributed by atoms with E-state index in [1.54, 1.807) is 33.1 Å². The van der Waals surface area contributed by atoms with Crippen LogP contribution in [0.25, 0.3) is 0 Å². The van der Waals surface area contributed by atoms with Crippen LogP contribution in [0.1, 0.15) is 48.5 Å². The summed E-state index contributed by atoms with van der Waals surface area (Å²) in [5.74, 6) is 0. The molecule has 0 rings (SSSR count). The second-order valence-corrected chi connectivity index (χ2v) is 13.0. The molecule has 0 radical (unpaired) electrons. The number of carbonyl (C=O) groups excluding carboxylic acids is 2. The van der Waals surface area contributed by atoms with Gasteiger partial charge in [0.05, 0.1) is 18.8 Å². The van der Waals surface area contributed by atoms with Crippen molar-refractivity contribution in [3.63, 3.8) is 0 Å². The van der Waals surface area contributed by atoms with Crippen LogP contribution in [0, 0.1) is 0 Å². The van der Waals surface area contributed by atoms with Gasteiger partial charge in [-0.2, -0.15) is 0 Å². The van der Waals surface area contributed by atoms with Gasteiger partial charge in [-0.3, -0.25) is 4.90 Å². The summed E-state index contributed by atoms with van der Waals surface area (Å²) in [6, 6.07) is -0.292. The lowest BCUT2D eigenvalue weighted by Crippen LogP contribution is -2.42. The molecule has 6 heteroatoms. The Bertz CT molecular complexity index is 433. The predicted octanol–water partition coefficient (Wildman–Crippen LogP) is 4.35. The molecule has 5 nitrogen and oxygen atoms in total. The minimum absolute atomic E-state index is 0.0134. The third-order valence-electron chi connectivity index (χ3n) is 3.92. The van der Waals surface area contributed by atoms with E-state index in [1.165, 1.54) is 4.90 Å². The van der Waals surface area contributed by atoms with Gasteiger partial charge < -0.3 is 14.0 Å². The summed E-state index contributed by atoms with van der Waals surface area (Å²) >= 11 is 0. The highest BCUT2D eigenvalue weighted by Gasteiger charge is 2.38. The van der Waals surface area contributed by atoms with E-state index in [0.717, 1.165) is 0 Å². The van der Waals surface area contributed by atoms with Crippen molar-refractivity contribution in [1.82, 2.24) is 4.90 Å². The van der Waals surface area contributed by atoms with Gasteiger partial charge in [-0.05, 0) is 51.9 Å². The highest BCUT2D eigenvalue weighted by Crippen LogP contribution is 2.36. The molecule has 0 saturated carbocycles. The first-order chi connectivity index (χ1) is 10.2. The molecule has 0 aliphatic carbocycles. The number of amides is 1. The molecule has 23 heavy (non-hydrogen) atoms. The first-order valence-electron chi connectivity index (χ1n) is 7.99. The van der Waals surface area contributed by atoms with Crippen LogP contribution >= 0.6 is 0 Å². The minimum atomic E-state index is -1.88. The molecule has 0 aromatic carbocycles. The Morgan fingerprint density at radius 2 is 1.70 bits per heavy atom. The smallest absolute Gasteiger partial charge is 0.411 e. The summed E-state index contributed by atoms with van der Waals surface area (Å²) in [6.07, 6.45) is 3.63. The maximum absolute atomic E-state index is 12.2. The monoisotopic (exact) mass is 343 g/mol. The van der Waals surface area contributed by atoms with E-state index in [0.29, 0.717) is 6.29 Å². The average Bonchev–Trinajstić information content (AvgIpc) is 2.31. The molecule has 1 amide bonds. The summed E-state index contributed by atoms with van der Waals surface area (Å²) in [7, 11) is -1.88. The molecule has 0 spiro atoms. The normalized spacial score (nSPS) is 14.5. The van der Waals surface area contributed by atoms with Crippen molar-refractivity contribution in [3.05, 3.63) is 12.3 Å². The highest BCUT2D eigenvalue weighted by molar-refractivity contribution is 6.74. The fourth-order valence-corrected chi connectivity index (χ4v) is 2.18. The Balaban J connectivity index is 4.93. The van der Waals surface area contributed by atoms with Crippen LogP contribution in [0.5, 0.6) is 0 Å². The predicted molar refractivity (Wildman–Crippen MR) is 95.9 cm³/mol. The Hall–Kier alpha value is -1.30. The number of hydrogen-bond acceptors (Lipinski definition) is 4. The molecular formula is C17H33NO4Si. The summed E-state index contributed by atoms with van der Waals surface area (Å²) in [5, 5.41) is 0.105. The number of hydrogen-bond donors (Lipinski definition) is 0. The number of rotatable bonds is 6.